The molecule has 5 aromatic rings. The minimum absolute atomic E-state index is 0.0212. The second-order valence-corrected chi connectivity index (χ2v) is 9.08. The molecule has 158 valence electrons. The summed E-state index contributed by atoms with van der Waals surface area (Å²) in [6.45, 7) is 4.74. The molecule has 0 aliphatic carbocycles. The third-order valence-corrected chi connectivity index (χ3v) is 6.61. The molecule has 0 saturated carbocycles. The van der Waals surface area contributed by atoms with Gasteiger partial charge in [0, 0.05) is 11.9 Å². The van der Waals surface area contributed by atoms with E-state index in [2.05, 4.69) is 27.1 Å². The molecule has 3 heterocycles. The van der Waals surface area contributed by atoms with Crippen LogP contribution in [0.4, 0.5) is 5.82 Å². The molecule has 2 aromatic carbocycles. The number of aromatic nitrogens is 5. The summed E-state index contributed by atoms with van der Waals surface area (Å²) in [6, 6.07) is 12.5. The van der Waals surface area contributed by atoms with Crippen LogP contribution in [0.5, 0.6) is 0 Å². The molecular weight excluding hydrogens is 416 g/mol. The molecule has 0 bridgehead atoms. The van der Waals surface area contributed by atoms with E-state index in [1.165, 1.54) is 6.07 Å². The van der Waals surface area contributed by atoms with E-state index >= 15 is 0 Å². The molecule has 0 saturated heterocycles. The molecule has 0 amide bonds. The van der Waals surface area contributed by atoms with Gasteiger partial charge in [0.05, 0.1) is 10.9 Å². The summed E-state index contributed by atoms with van der Waals surface area (Å²) in [5, 5.41) is 13.6. The number of hydrogen-bond acceptors (Lipinski definition) is 7. The van der Waals surface area contributed by atoms with Crippen molar-refractivity contribution in [3.63, 3.8) is 0 Å². The molecule has 31 heavy (non-hydrogen) atoms. The quantitative estimate of drug-likeness (QED) is 0.427. The molecule has 0 atom stereocenters. The maximum Gasteiger partial charge on any atom is 0.265 e. The van der Waals surface area contributed by atoms with Gasteiger partial charge >= 0.3 is 0 Å². The molecule has 3 aromatic heterocycles. The summed E-state index contributed by atoms with van der Waals surface area (Å²) < 4.78 is 35.5. The van der Waals surface area contributed by atoms with Gasteiger partial charge in [0.15, 0.2) is 17.0 Å². The number of hydrogen-bond donors (Lipinski definition) is 1. The third kappa shape index (κ3) is 3.28. The zero-order chi connectivity index (χ0) is 21.6. The Morgan fingerprint density at radius 2 is 1.94 bits per heavy atom. The summed E-state index contributed by atoms with van der Waals surface area (Å²) in [5.41, 5.74) is 3.11. The Labute approximate surface area is 178 Å². The van der Waals surface area contributed by atoms with Gasteiger partial charge in [-0.15, -0.1) is 0 Å². The van der Waals surface area contributed by atoms with Crippen LogP contribution in [0, 0.1) is 6.92 Å². The van der Waals surface area contributed by atoms with Crippen molar-refractivity contribution in [3.05, 3.63) is 48.0 Å². The lowest BCUT2D eigenvalue weighted by Gasteiger charge is -2.06. The lowest BCUT2D eigenvalue weighted by molar-refractivity contribution is 0.315. The zero-order valence-corrected chi connectivity index (χ0v) is 17.8. The maximum absolute atomic E-state index is 13.2. The lowest BCUT2D eigenvalue weighted by Crippen LogP contribution is -2.14. The number of fused-ring (bicyclic) bond motifs is 3. The van der Waals surface area contributed by atoms with Crippen LogP contribution in [0.15, 0.2) is 52.0 Å². The van der Waals surface area contributed by atoms with Crippen LogP contribution in [0.3, 0.4) is 0 Å². The van der Waals surface area contributed by atoms with Crippen molar-refractivity contribution in [1.82, 2.24) is 25.1 Å². The van der Waals surface area contributed by atoms with Gasteiger partial charge in [0.2, 0.25) is 0 Å². The Balaban J connectivity index is 1.67. The summed E-state index contributed by atoms with van der Waals surface area (Å²) in [7, 11) is -3.99. The third-order valence-electron chi connectivity index (χ3n) is 5.24. The Morgan fingerprint density at radius 1 is 1.10 bits per heavy atom. The molecule has 5 rings (SSSR count). The van der Waals surface area contributed by atoms with Crippen molar-refractivity contribution in [1.29, 1.82) is 0 Å². The number of nitrogens with zero attached hydrogens (tertiary/aromatic N) is 5. The van der Waals surface area contributed by atoms with Gasteiger partial charge in [0.25, 0.3) is 10.0 Å². The Morgan fingerprint density at radius 3 is 2.77 bits per heavy atom. The fraction of sp³-hybridized carbons (Fsp3) is 0.238. The number of rotatable bonds is 6. The largest absolute Gasteiger partial charge is 0.265 e. The number of aryl methyl sites for hydroxylation is 2. The van der Waals surface area contributed by atoms with Crippen LogP contribution >= 0.6 is 0 Å². The van der Waals surface area contributed by atoms with Crippen molar-refractivity contribution < 1.29 is 13.0 Å². The highest BCUT2D eigenvalue weighted by Crippen LogP contribution is 2.30. The molecular formula is C21H20N6O3S. The summed E-state index contributed by atoms with van der Waals surface area (Å²) in [6.07, 6.45) is 1.89. The molecule has 0 aliphatic heterocycles. The smallest absolute Gasteiger partial charge is 0.261 e. The maximum atomic E-state index is 13.2. The van der Waals surface area contributed by atoms with Crippen molar-refractivity contribution >= 4 is 48.8 Å². The molecule has 0 unspecified atom stereocenters. The van der Waals surface area contributed by atoms with E-state index in [-0.39, 0.29) is 16.2 Å². The van der Waals surface area contributed by atoms with E-state index in [0.717, 1.165) is 29.3 Å². The number of anilines is 1. The first-order valence-electron chi connectivity index (χ1n) is 9.99. The van der Waals surface area contributed by atoms with Crippen LogP contribution < -0.4 is 4.72 Å². The first kappa shape index (κ1) is 19.4. The molecule has 0 spiro atoms. The molecule has 0 aliphatic rings. The first-order valence-corrected chi connectivity index (χ1v) is 11.5. The highest BCUT2D eigenvalue weighted by molar-refractivity contribution is 7.93. The van der Waals surface area contributed by atoms with Crippen LogP contribution in [-0.2, 0) is 16.6 Å². The van der Waals surface area contributed by atoms with E-state index < -0.39 is 10.0 Å². The molecule has 0 radical (unpaired) electrons. The van der Waals surface area contributed by atoms with Crippen molar-refractivity contribution in [2.75, 3.05) is 4.72 Å². The van der Waals surface area contributed by atoms with E-state index in [0.29, 0.717) is 23.1 Å². The fourth-order valence-electron chi connectivity index (χ4n) is 3.65. The van der Waals surface area contributed by atoms with Crippen LogP contribution in [-0.4, -0.2) is 33.5 Å². The number of benzene rings is 2. The Hall–Kier alpha value is -3.53. The SMILES string of the molecule is CCCCn1nc(NS(=O)(=O)c2cccc3nonc23)c2cc3cccc(C)c3nc21. The van der Waals surface area contributed by atoms with Gasteiger partial charge in [-0.2, -0.15) is 5.10 Å². The molecule has 9 nitrogen and oxygen atoms in total. The van der Waals surface area contributed by atoms with Gasteiger partial charge in [0.1, 0.15) is 10.4 Å². The average molecular weight is 436 g/mol. The van der Waals surface area contributed by atoms with Crippen molar-refractivity contribution in [2.45, 2.75) is 38.1 Å². The normalized spacial score (nSPS) is 12.2. The number of nitrogens with one attached hydrogen (secondary N) is 1. The summed E-state index contributed by atoms with van der Waals surface area (Å²) in [5.74, 6) is 0.232. The second-order valence-electron chi connectivity index (χ2n) is 7.43. The van der Waals surface area contributed by atoms with Crippen molar-refractivity contribution in [2.24, 2.45) is 0 Å². The fourth-order valence-corrected chi connectivity index (χ4v) is 4.82. The highest BCUT2D eigenvalue weighted by Gasteiger charge is 2.24. The van der Waals surface area contributed by atoms with Crippen LogP contribution in [0.1, 0.15) is 25.3 Å². The van der Waals surface area contributed by atoms with Crippen molar-refractivity contribution in [3.8, 4) is 0 Å². The minimum Gasteiger partial charge on any atom is -0.261 e. The average Bonchev–Trinajstić information content (AvgIpc) is 3.36. The molecule has 0 fully saturated rings. The van der Waals surface area contributed by atoms with E-state index in [9.17, 15) is 8.42 Å². The minimum atomic E-state index is -3.99. The Bertz CT molecular complexity index is 1540. The number of para-hydroxylation sites is 1. The van der Waals surface area contributed by atoms with Crippen LogP contribution in [0.25, 0.3) is 33.0 Å². The van der Waals surface area contributed by atoms with E-state index in [1.54, 1.807) is 16.8 Å². The predicted molar refractivity (Wildman–Crippen MR) is 117 cm³/mol. The van der Waals surface area contributed by atoms with E-state index in [1.807, 2.05) is 31.2 Å². The predicted octanol–water partition coefficient (Wildman–Crippen LogP) is 4.03. The highest BCUT2D eigenvalue weighted by atomic mass is 32.2. The topological polar surface area (TPSA) is 116 Å². The lowest BCUT2D eigenvalue weighted by atomic mass is 10.1. The summed E-state index contributed by atoms with van der Waals surface area (Å²) >= 11 is 0. The first-order chi connectivity index (χ1) is 15.0. The number of unbranched alkanes of at least 4 members (excludes halogenated alkanes) is 1. The van der Waals surface area contributed by atoms with Gasteiger partial charge in [-0.3, -0.25) is 4.72 Å². The van der Waals surface area contributed by atoms with Gasteiger partial charge in [-0.05, 0) is 47.4 Å². The second kappa shape index (κ2) is 7.31. The Kier molecular flexibility index (Phi) is 4.58. The van der Waals surface area contributed by atoms with Gasteiger partial charge in [-0.25, -0.2) is 22.7 Å². The van der Waals surface area contributed by atoms with Gasteiger partial charge < -0.3 is 0 Å². The monoisotopic (exact) mass is 436 g/mol. The standard InChI is InChI=1S/C21H20N6O3S/c1-3-4-11-27-21-15(12-14-8-5-7-13(2)18(14)22-21)20(23-27)26-31(28,29)17-10-6-9-16-19(17)25-30-24-16/h5-10,12H,3-4,11H2,1-2H3,(H,23,26). The zero-order valence-electron chi connectivity index (χ0n) is 17.0. The molecule has 10 heteroatoms. The molecule has 1 N–H and O–H groups in total. The van der Waals surface area contributed by atoms with E-state index in [4.69, 9.17) is 9.61 Å². The van der Waals surface area contributed by atoms with Crippen LogP contribution in [0.2, 0.25) is 0 Å². The van der Waals surface area contributed by atoms with Gasteiger partial charge in [-0.1, -0.05) is 37.6 Å². The number of pyridine rings is 1. The summed E-state index contributed by atoms with van der Waals surface area (Å²) in [4.78, 5) is 4.80. The number of sulfonamides is 1.